The van der Waals surface area contributed by atoms with Gasteiger partial charge in [-0.25, -0.2) is 0 Å². The number of benzene rings is 1. The molecule has 0 atom stereocenters. The number of aromatic nitrogens is 4. The van der Waals surface area contributed by atoms with Gasteiger partial charge in [-0.15, -0.1) is 10.2 Å². The fourth-order valence-corrected chi connectivity index (χ4v) is 1.92. The van der Waals surface area contributed by atoms with E-state index in [1.165, 1.54) is 6.07 Å². The van der Waals surface area contributed by atoms with Crippen molar-refractivity contribution < 1.29 is 13.2 Å². The van der Waals surface area contributed by atoms with Crippen molar-refractivity contribution >= 4 is 0 Å². The monoisotopic (exact) mass is 270 g/mol. The van der Waals surface area contributed by atoms with E-state index in [4.69, 9.17) is 0 Å². The first kappa shape index (κ1) is 13.5. The molecule has 0 saturated carbocycles. The van der Waals surface area contributed by atoms with Gasteiger partial charge in [0.25, 0.3) is 0 Å². The smallest absolute Gasteiger partial charge is 0.177 e. The molecule has 0 aliphatic rings. The minimum Gasteiger partial charge on any atom is -0.177 e. The molecule has 1 heterocycles. The number of tetrazole rings is 1. The number of hydrogen-bond acceptors (Lipinski definition) is 3. The molecule has 0 amide bonds. The highest BCUT2D eigenvalue weighted by Crippen LogP contribution is 2.41. The minimum atomic E-state index is -4.46. The lowest BCUT2D eigenvalue weighted by atomic mass is 9.82. The maximum Gasteiger partial charge on any atom is 0.417 e. The Morgan fingerprint density at radius 3 is 2.16 bits per heavy atom. The number of nitrogens with one attached hydrogen (secondary N) is 1. The van der Waals surface area contributed by atoms with Gasteiger partial charge in [-0.2, -0.15) is 18.4 Å². The molecule has 1 N–H and O–H groups in total. The van der Waals surface area contributed by atoms with E-state index in [9.17, 15) is 13.2 Å². The SMILES string of the molecule is CC(C)(C)c1cccc(C(F)(F)F)c1-c1nn[nH]n1. The van der Waals surface area contributed by atoms with Gasteiger partial charge in [-0.05, 0) is 22.3 Å². The highest BCUT2D eigenvalue weighted by molar-refractivity contribution is 5.67. The normalized spacial score (nSPS) is 12.7. The lowest BCUT2D eigenvalue weighted by Crippen LogP contribution is -2.17. The van der Waals surface area contributed by atoms with Gasteiger partial charge in [-0.1, -0.05) is 32.9 Å². The van der Waals surface area contributed by atoms with Crippen LogP contribution in [-0.2, 0) is 11.6 Å². The molecule has 7 heteroatoms. The summed E-state index contributed by atoms with van der Waals surface area (Å²) in [6.07, 6.45) is -4.46. The Kier molecular flexibility index (Phi) is 3.07. The second-order valence-electron chi connectivity index (χ2n) is 5.21. The van der Waals surface area contributed by atoms with Gasteiger partial charge in [0.2, 0.25) is 5.82 Å². The van der Waals surface area contributed by atoms with Gasteiger partial charge in [-0.3, -0.25) is 0 Å². The predicted molar refractivity (Wildman–Crippen MR) is 63.3 cm³/mol. The van der Waals surface area contributed by atoms with Crippen LogP contribution in [-0.4, -0.2) is 20.6 Å². The maximum absolute atomic E-state index is 13.1. The Morgan fingerprint density at radius 1 is 1.05 bits per heavy atom. The summed E-state index contributed by atoms with van der Waals surface area (Å²) in [5, 5.41) is 12.9. The van der Waals surface area contributed by atoms with Crippen LogP contribution >= 0.6 is 0 Å². The van der Waals surface area contributed by atoms with Crippen LogP contribution in [0.1, 0.15) is 31.9 Å². The van der Waals surface area contributed by atoms with Crippen LogP contribution < -0.4 is 0 Å². The van der Waals surface area contributed by atoms with Crippen molar-refractivity contribution in [3.8, 4) is 11.4 Å². The summed E-state index contributed by atoms with van der Waals surface area (Å²) in [4.78, 5) is 0. The first-order valence-electron chi connectivity index (χ1n) is 5.66. The van der Waals surface area contributed by atoms with E-state index >= 15 is 0 Å². The number of rotatable bonds is 1. The number of H-pyrrole nitrogens is 1. The molecule has 0 aliphatic carbocycles. The highest BCUT2D eigenvalue weighted by atomic mass is 19.4. The minimum absolute atomic E-state index is 0.0174. The molecule has 0 saturated heterocycles. The van der Waals surface area contributed by atoms with Crippen molar-refractivity contribution in [1.82, 2.24) is 20.6 Å². The van der Waals surface area contributed by atoms with Crippen LogP contribution in [0.5, 0.6) is 0 Å². The molecule has 2 aromatic rings. The zero-order valence-electron chi connectivity index (χ0n) is 10.7. The summed E-state index contributed by atoms with van der Waals surface area (Å²) < 4.78 is 39.4. The standard InChI is InChI=1S/C12H13F3N4/c1-11(2,3)7-5-4-6-8(12(13,14)15)9(7)10-16-18-19-17-10/h4-6H,1-3H3,(H,16,17,18,19). The van der Waals surface area contributed by atoms with Crippen LogP contribution in [0.25, 0.3) is 11.4 Å². The van der Waals surface area contributed by atoms with E-state index in [1.807, 2.05) is 20.8 Å². The molecule has 1 aromatic heterocycles. The summed E-state index contributed by atoms with van der Waals surface area (Å²) in [5.41, 5.74) is -0.696. The van der Waals surface area contributed by atoms with Gasteiger partial charge < -0.3 is 0 Å². The second kappa shape index (κ2) is 4.32. The topological polar surface area (TPSA) is 54.5 Å². The fraction of sp³-hybridized carbons (Fsp3) is 0.417. The Hall–Kier alpha value is -1.92. The average Bonchev–Trinajstić information content (AvgIpc) is 2.78. The molecule has 19 heavy (non-hydrogen) atoms. The van der Waals surface area contributed by atoms with Crippen LogP contribution in [0.4, 0.5) is 13.2 Å². The first-order valence-corrected chi connectivity index (χ1v) is 5.66. The van der Waals surface area contributed by atoms with Crippen LogP contribution in [0.15, 0.2) is 18.2 Å². The molecule has 0 aliphatic heterocycles. The number of hydrogen-bond donors (Lipinski definition) is 1. The Labute approximate surface area is 108 Å². The molecule has 2 rings (SSSR count). The largest absolute Gasteiger partial charge is 0.417 e. The Balaban J connectivity index is 2.78. The zero-order valence-corrected chi connectivity index (χ0v) is 10.7. The zero-order chi connectivity index (χ0) is 14.3. The number of halogens is 3. The van der Waals surface area contributed by atoms with E-state index in [1.54, 1.807) is 6.07 Å². The van der Waals surface area contributed by atoms with Crippen LogP contribution in [0, 0.1) is 0 Å². The van der Waals surface area contributed by atoms with Gasteiger partial charge in [0.05, 0.1) is 5.56 Å². The maximum atomic E-state index is 13.1. The molecule has 0 bridgehead atoms. The molecule has 0 unspecified atom stereocenters. The van der Waals surface area contributed by atoms with E-state index in [2.05, 4.69) is 20.6 Å². The molecule has 1 aromatic carbocycles. The Bertz CT molecular complexity index is 535. The summed E-state index contributed by atoms with van der Waals surface area (Å²) in [5.74, 6) is -0.0437. The first-order chi connectivity index (χ1) is 8.71. The third-order valence-corrected chi connectivity index (χ3v) is 2.75. The van der Waals surface area contributed by atoms with Gasteiger partial charge in [0, 0.05) is 5.56 Å². The van der Waals surface area contributed by atoms with Crippen LogP contribution in [0.3, 0.4) is 0 Å². The van der Waals surface area contributed by atoms with Crippen molar-refractivity contribution in [1.29, 1.82) is 0 Å². The molecule has 4 nitrogen and oxygen atoms in total. The van der Waals surface area contributed by atoms with E-state index in [0.717, 1.165) is 6.07 Å². The fourth-order valence-electron chi connectivity index (χ4n) is 1.92. The van der Waals surface area contributed by atoms with Crippen molar-refractivity contribution in [3.63, 3.8) is 0 Å². The number of alkyl halides is 3. The van der Waals surface area contributed by atoms with Crippen LogP contribution in [0.2, 0.25) is 0 Å². The molecular formula is C12H13F3N4. The average molecular weight is 270 g/mol. The molecule has 0 spiro atoms. The van der Waals surface area contributed by atoms with Gasteiger partial charge >= 0.3 is 6.18 Å². The van der Waals surface area contributed by atoms with Gasteiger partial charge in [0.1, 0.15) is 0 Å². The summed E-state index contributed by atoms with van der Waals surface area (Å²) in [6, 6.07) is 4.08. The van der Waals surface area contributed by atoms with Crippen molar-refractivity contribution in [2.45, 2.75) is 32.4 Å². The predicted octanol–water partition coefficient (Wildman–Crippen LogP) is 3.18. The van der Waals surface area contributed by atoms with E-state index in [-0.39, 0.29) is 11.4 Å². The summed E-state index contributed by atoms with van der Waals surface area (Å²) >= 11 is 0. The number of aromatic amines is 1. The third kappa shape index (κ3) is 2.59. The van der Waals surface area contributed by atoms with E-state index < -0.39 is 17.2 Å². The van der Waals surface area contributed by atoms with E-state index in [0.29, 0.717) is 5.56 Å². The lowest BCUT2D eigenvalue weighted by Gasteiger charge is -2.24. The lowest BCUT2D eigenvalue weighted by molar-refractivity contribution is -0.137. The second-order valence-corrected chi connectivity index (χ2v) is 5.21. The quantitative estimate of drug-likeness (QED) is 0.865. The number of nitrogens with zero attached hydrogens (tertiary/aromatic N) is 3. The van der Waals surface area contributed by atoms with Crippen molar-refractivity contribution in [2.24, 2.45) is 0 Å². The summed E-state index contributed by atoms with van der Waals surface area (Å²) in [7, 11) is 0. The van der Waals surface area contributed by atoms with Gasteiger partial charge in [0.15, 0.2) is 0 Å². The highest BCUT2D eigenvalue weighted by Gasteiger charge is 2.37. The van der Waals surface area contributed by atoms with Crippen molar-refractivity contribution in [3.05, 3.63) is 29.3 Å². The Morgan fingerprint density at radius 2 is 1.68 bits per heavy atom. The van der Waals surface area contributed by atoms with Crippen molar-refractivity contribution in [2.75, 3.05) is 0 Å². The summed E-state index contributed by atoms with van der Waals surface area (Å²) in [6.45, 7) is 5.52. The third-order valence-electron chi connectivity index (χ3n) is 2.75. The molecule has 102 valence electrons. The molecule has 0 radical (unpaired) electrons. The molecular weight excluding hydrogens is 257 g/mol. The molecule has 0 fully saturated rings.